The van der Waals surface area contributed by atoms with Gasteiger partial charge in [-0.1, -0.05) is 30.0 Å². The highest BCUT2D eigenvalue weighted by atomic mass is 32.2. The predicted octanol–water partition coefficient (Wildman–Crippen LogP) is 3.83. The van der Waals surface area contributed by atoms with E-state index in [1.54, 1.807) is 35.2 Å². The maximum absolute atomic E-state index is 10.6. The van der Waals surface area contributed by atoms with Crippen LogP contribution in [-0.2, 0) is 0 Å². The third-order valence-corrected chi connectivity index (χ3v) is 4.86. The van der Waals surface area contributed by atoms with Crippen LogP contribution in [0.4, 0.5) is 10.8 Å². The number of nitrogens with zero attached hydrogens (tertiary/aromatic N) is 3. The van der Waals surface area contributed by atoms with Crippen LogP contribution in [0, 0.1) is 10.1 Å². The Balaban J connectivity index is 1.63. The Kier molecular flexibility index (Phi) is 7.08. The first-order valence-electron chi connectivity index (χ1n) is 7.26. The molecule has 2 aromatic rings. The van der Waals surface area contributed by atoms with E-state index in [0.717, 1.165) is 34.6 Å². The molecule has 0 unspecified atom stereocenters. The number of hydrogen-bond acceptors (Lipinski definition) is 8. The average Bonchev–Trinajstić information content (AvgIpc) is 3.01. The van der Waals surface area contributed by atoms with Crippen molar-refractivity contribution in [2.45, 2.75) is 24.1 Å². The number of nitrogens with one attached hydrogen (secondary N) is 1. The topological polar surface area (TPSA) is 90.2 Å². The van der Waals surface area contributed by atoms with E-state index in [-0.39, 0.29) is 5.69 Å². The fraction of sp³-hybridized carbons (Fsp3) is 0.429. The molecule has 7 nitrogen and oxygen atoms in total. The van der Waals surface area contributed by atoms with E-state index < -0.39 is 4.92 Å². The molecule has 1 aromatic carbocycles. The lowest BCUT2D eigenvalue weighted by atomic mass is 10.3. The minimum atomic E-state index is -0.424. The number of ether oxygens (including phenoxy) is 1. The molecular formula is C14H18N4O3S2. The van der Waals surface area contributed by atoms with Crippen molar-refractivity contribution >= 4 is 33.9 Å². The van der Waals surface area contributed by atoms with Gasteiger partial charge in [0.2, 0.25) is 5.13 Å². The number of aromatic nitrogens is 2. The smallest absolute Gasteiger partial charge is 0.269 e. The van der Waals surface area contributed by atoms with Gasteiger partial charge < -0.3 is 10.1 Å². The summed E-state index contributed by atoms with van der Waals surface area (Å²) in [5.74, 6) is 1.53. The van der Waals surface area contributed by atoms with Gasteiger partial charge >= 0.3 is 0 Å². The summed E-state index contributed by atoms with van der Waals surface area (Å²) in [6, 6.07) is 6.11. The van der Waals surface area contributed by atoms with Gasteiger partial charge in [-0.05, 0) is 25.0 Å². The number of nitro groups is 1. The Morgan fingerprint density at radius 2 is 2.13 bits per heavy atom. The Bertz CT molecular complexity index is 619. The molecule has 9 heteroatoms. The van der Waals surface area contributed by atoms with Crippen LogP contribution < -0.4 is 10.1 Å². The minimum Gasteiger partial charge on any atom is -0.494 e. The van der Waals surface area contributed by atoms with E-state index in [2.05, 4.69) is 22.4 Å². The van der Waals surface area contributed by atoms with Gasteiger partial charge in [0.25, 0.3) is 5.69 Å². The zero-order valence-electron chi connectivity index (χ0n) is 12.7. The second kappa shape index (κ2) is 9.31. The van der Waals surface area contributed by atoms with Crippen LogP contribution in [-0.4, -0.2) is 34.0 Å². The van der Waals surface area contributed by atoms with E-state index in [9.17, 15) is 10.1 Å². The molecule has 23 heavy (non-hydrogen) atoms. The van der Waals surface area contributed by atoms with Gasteiger partial charge in [-0.25, -0.2) is 0 Å². The van der Waals surface area contributed by atoms with Crippen molar-refractivity contribution in [2.24, 2.45) is 0 Å². The van der Waals surface area contributed by atoms with Gasteiger partial charge in [0, 0.05) is 24.4 Å². The third-order valence-electron chi connectivity index (χ3n) is 2.76. The number of hydrogen-bond donors (Lipinski definition) is 1. The van der Waals surface area contributed by atoms with E-state index >= 15 is 0 Å². The molecule has 0 radical (unpaired) electrons. The van der Waals surface area contributed by atoms with Crippen LogP contribution in [0.1, 0.15) is 19.8 Å². The standard InChI is InChI=1S/C14H18N4O3S2/c1-2-8-15-13-16-17-14(23-13)22-10-3-9-21-12-6-4-11(5-7-12)18(19)20/h4-7H,2-3,8-10H2,1H3,(H,15,16). The summed E-state index contributed by atoms with van der Waals surface area (Å²) in [4.78, 5) is 10.1. The monoisotopic (exact) mass is 354 g/mol. The summed E-state index contributed by atoms with van der Waals surface area (Å²) in [6.07, 6.45) is 1.92. The first-order chi connectivity index (χ1) is 11.2. The molecule has 0 aliphatic rings. The molecule has 1 aromatic heterocycles. The number of non-ortho nitro benzene ring substituents is 1. The summed E-state index contributed by atoms with van der Waals surface area (Å²) in [5, 5.41) is 22.8. The van der Waals surface area contributed by atoms with Gasteiger partial charge in [0.05, 0.1) is 11.5 Å². The van der Waals surface area contributed by atoms with Crippen LogP contribution in [0.5, 0.6) is 5.75 Å². The molecule has 0 aliphatic carbocycles. The fourth-order valence-electron chi connectivity index (χ4n) is 1.64. The van der Waals surface area contributed by atoms with E-state index in [0.29, 0.717) is 12.4 Å². The first kappa shape index (κ1) is 17.5. The SMILES string of the molecule is CCCNc1nnc(SCCCOc2ccc([N+](=O)[O-])cc2)s1. The van der Waals surface area contributed by atoms with Crippen LogP contribution in [0.3, 0.4) is 0 Å². The number of nitro benzene ring substituents is 1. The van der Waals surface area contributed by atoms with E-state index in [4.69, 9.17) is 4.74 Å². The summed E-state index contributed by atoms with van der Waals surface area (Å²) in [5.41, 5.74) is 0.0664. The van der Waals surface area contributed by atoms with Crippen molar-refractivity contribution in [3.63, 3.8) is 0 Å². The zero-order chi connectivity index (χ0) is 16.5. The molecule has 1 heterocycles. The van der Waals surface area contributed by atoms with Gasteiger partial charge in [-0.2, -0.15) is 0 Å². The summed E-state index contributed by atoms with van der Waals surface area (Å²) in [7, 11) is 0. The highest BCUT2D eigenvalue weighted by molar-refractivity contribution is 8.01. The summed E-state index contributed by atoms with van der Waals surface area (Å²) in [6.45, 7) is 3.57. The van der Waals surface area contributed by atoms with Crippen molar-refractivity contribution in [2.75, 3.05) is 24.2 Å². The zero-order valence-corrected chi connectivity index (χ0v) is 14.4. The normalized spacial score (nSPS) is 10.5. The molecule has 0 saturated heterocycles. The largest absolute Gasteiger partial charge is 0.494 e. The number of benzene rings is 1. The quantitative estimate of drug-likeness (QED) is 0.300. The number of thioether (sulfide) groups is 1. The predicted molar refractivity (Wildman–Crippen MR) is 92.6 cm³/mol. The Hall–Kier alpha value is -1.87. The van der Waals surface area contributed by atoms with Crippen molar-refractivity contribution in [1.29, 1.82) is 0 Å². The average molecular weight is 354 g/mol. The molecule has 0 fully saturated rings. The third kappa shape index (κ3) is 6.03. The van der Waals surface area contributed by atoms with Crippen LogP contribution in [0.25, 0.3) is 0 Å². The molecular weight excluding hydrogens is 336 g/mol. The Labute approximate surface area is 142 Å². The number of anilines is 1. The maximum atomic E-state index is 10.6. The van der Waals surface area contributed by atoms with Gasteiger partial charge in [0.15, 0.2) is 4.34 Å². The lowest BCUT2D eigenvalue weighted by molar-refractivity contribution is -0.384. The van der Waals surface area contributed by atoms with Crippen molar-refractivity contribution < 1.29 is 9.66 Å². The molecule has 0 spiro atoms. The second-order valence-corrected chi connectivity index (χ2v) is 6.92. The first-order valence-corrected chi connectivity index (χ1v) is 9.06. The van der Waals surface area contributed by atoms with E-state index in [1.807, 2.05) is 0 Å². The Morgan fingerprint density at radius 3 is 2.83 bits per heavy atom. The fourth-order valence-corrected chi connectivity index (χ4v) is 3.40. The lowest BCUT2D eigenvalue weighted by Gasteiger charge is -2.04. The highest BCUT2D eigenvalue weighted by Gasteiger charge is 2.05. The minimum absolute atomic E-state index is 0.0664. The molecule has 1 N–H and O–H groups in total. The van der Waals surface area contributed by atoms with Crippen molar-refractivity contribution in [3.05, 3.63) is 34.4 Å². The summed E-state index contributed by atoms with van der Waals surface area (Å²) >= 11 is 3.21. The Morgan fingerprint density at radius 1 is 1.35 bits per heavy atom. The van der Waals surface area contributed by atoms with Gasteiger partial charge in [-0.15, -0.1) is 10.2 Å². The van der Waals surface area contributed by atoms with Crippen LogP contribution >= 0.6 is 23.1 Å². The van der Waals surface area contributed by atoms with Gasteiger partial charge in [0.1, 0.15) is 5.75 Å². The second-order valence-electron chi connectivity index (χ2n) is 4.60. The molecule has 0 bridgehead atoms. The maximum Gasteiger partial charge on any atom is 0.269 e. The lowest BCUT2D eigenvalue weighted by Crippen LogP contribution is -1.98. The molecule has 0 aliphatic heterocycles. The molecule has 0 saturated carbocycles. The highest BCUT2D eigenvalue weighted by Crippen LogP contribution is 2.26. The molecule has 124 valence electrons. The van der Waals surface area contributed by atoms with Gasteiger partial charge in [-0.3, -0.25) is 10.1 Å². The summed E-state index contributed by atoms with van der Waals surface area (Å²) < 4.78 is 6.50. The molecule has 0 amide bonds. The molecule has 0 atom stereocenters. The van der Waals surface area contributed by atoms with E-state index in [1.165, 1.54) is 12.1 Å². The van der Waals surface area contributed by atoms with Crippen LogP contribution in [0.2, 0.25) is 0 Å². The molecule has 2 rings (SSSR count). The van der Waals surface area contributed by atoms with Crippen molar-refractivity contribution in [1.82, 2.24) is 10.2 Å². The van der Waals surface area contributed by atoms with Crippen molar-refractivity contribution in [3.8, 4) is 5.75 Å². The van der Waals surface area contributed by atoms with Crippen LogP contribution in [0.15, 0.2) is 28.6 Å². The number of rotatable bonds is 10.